The Balaban J connectivity index is 2.30. The maximum absolute atomic E-state index is 11.0. The Bertz CT molecular complexity index is 552. The Kier molecular flexibility index (Phi) is 3.34. The van der Waals surface area contributed by atoms with Gasteiger partial charge < -0.3 is 10.4 Å². The predicted octanol–water partition coefficient (Wildman–Crippen LogP) is 2.13. The summed E-state index contributed by atoms with van der Waals surface area (Å²) in [5, 5.41) is 13.8. The zero-order valence-electron chi connectivity index (χ0n) is 8.96. The van der Waals surface area contributed by atoms with Crippen LogP contribution in [0.1, 0.15) is 6.42 Å². The molecular weight excluding hydrogens is 238 g/mol. The van der Waals surface area contributed by atoms with Crippen LogP contribution in [0.3, 0.4) is 0 Å². The van der Waals surface area contributed by atoms with Crippen molar-refractivity contribution >= 4 is 33.3 Å². The van der Waals surface area contributed by atoms with Crippen molar-refractivity contribution < 1.29 is 9.90 Å². The number of carboxylic acid groups (broad SMARTS) is 1. The Labute approximate surface area is 102 Å². The van der Waals surface area contributed by atoms with Gasteiger partial charge in [0, 0.05) is 0 Å². The van der Waals surface area contributed by atoms with E-state index in [2.05, 4.69) is 21.9 Å². The first kappa shape index (κ1) is 11.5. The Morgan fingerprint density at radius 3 is 3.18 bits per heavy atom. The SMILES string of the molecule is C=CCC(Nc1ncnc2ccsc12)C(=O)O. The fourth-order valence-electron chi connectivity index (χ4n) is 1.44. The van der Waals surface area contributed by atoms with Gasteiger partial charge in [-0.25, -0.2) is 14.8 Å². The van der Waals surface area contributed by atoms with E-state index in [0.717, 1.165) is 10.2 Å². The summed E-state index contributed by atoms with van der Waals surface area (Å²) in [6.45, 7) is 3.54. The van der Waals surface area contributed by atoms with Gasteiger partial charge in [0.2, 0.25) is 0 Å². The summed E-state index contributed by atoms with van der Waals surface area (Å²) in [7, 11) is 0. The molecule has 2 aromatic rings. The van der Waals surface area contributed by atoms with E-state index in [9.17, 15) is 4.79 Å². The standard InChI is InChI=1S/C11H11N3O2S/c1-2-3-8(11(15)16)14-10-9-7(4-5-17-9)12-6-13-10/h2,4-6,8H,1,3H2,(H,15,16)(H,12,13,14). The molecule has 0 aliphatic rings. The molecule has 0 spiro atoms. The van der Waals surface area contributed by atoms with E-state index < -0.39 is 12.0 Å². The van der Waals surface area contributed by atoms with Gasteiger partial charge in [-0.2, -0.15) is 0 Å². The minimum atomic E-state index is -0.923. The second-order valence-corrected chi connectivity index (χ2v) is 4.33. The third kappa shape index (κ3) is 2.42. The van der Waals surface area contributed by atoms with Gasteiger partial charge in [0.05, 0.1) is 10.2 Å². The number of hydrogen-bond donors (Lipinski definition) is 2. The Morgan fingerprint density at radius 1 is 1.65 bits per heavy atom. The first-order valence-corrected chi connectivity index (χ1v) is 5.88. The number of carbonyl (C=O) groups is 1. The lowest BCUT2D eigenvalue weighted by Gasteiger charge is -2.13. The zero-order chi connectivity index (χ0) is 12.3. The van der Waals surface area contributed by atoms with Crippen molar-refractivity contribution in [3.05, 3.63) is 30.4 Å². The molecule has 0 aliphatic carbocycles. The number of thiophene rings is 1. The number of carboxylic acids is 1. The van der Waals surface area contributed by atoms with E-state index in [1.165, 1.54) is 17.7 Å². The molecule has 2 heterocycles. The molecule has 0 bridgehead atoms. The van der Waals surface area contributed by atoms with Gasteiger partial charge in [-0.05, 0) is 17.9 Å². The molecule has 88 valence electrons. The van der Waals surface area contributed by atoms with Crippen molar-refractivity contribution in [2.45, 2.75) is 12.5 Å². The normalized spacial score (nSPS) is 12.2. The van der Waals surface area contributed by atoms with Gasteiger partial charge >= 0.3 is 5.97 Å². The molecule has 0 radical (unpaired) electrons. The van der Waals surface area contributed by atoms with Crippen LogP contribution < -0.4 is 5.32 Å². The van der Waals surface area contributed by atoms with Gasteiger partial charge in [0.15, 0.2) is 0 Å². The number of rotatable bonds is 5. The lowest BCUT2D eigenvalue weighted by Crippen LogP contribution is -2.29. The minimum Gasteiger partial charge on any atom is -0.480 e. The lowest BCUT2D eigenvalue weighted by molar-refractivity contribution is -0.137. The zero-order valence-corrected chi connectivity index (χ0v) is 9.78. The number of aromatic nitrogens is 2. The van der Waals surface area contributed by atoms with E-state index in [-0.39, 0.29) is 0 Å². The first-order valence-electron chi connectivity index (χ1n) is 5.01. The summed E-state index contributed by atoms with van der Waals surface area (Å²) < 4.78 is 0.864. The van der Waals surface area contributed by atoms with Gasteiger partial charge in [0.1, 0.15) is 18.2 Å². The van der Waals surface area contributed by atoms with Crippen molar-refractivity contribution in [3.8, 4) is 0 Å². The largest absolute Gasteiger partial charge is 0.480 e. The molecule has 0 saturated heterocycles. The molecule has 5 nitrogen and oxygen atoms in total. The quantitative estimate of drug-likeness (QED) is 0.794. The second kappa shape index (κ2) is 4.92. The fraction of sp³-hybridized carbons (Fsp3) is 0.182. The van der Waals surface area contributed by atoms with E-state index in [4.69, 9.17) is 5.11 Å². The average Bonchev–Trinajstić information content (AvgIpc) is 2.77. The van der Waals surface area contributed by atoms with Crippen molar-refractivity contribution in [3.63, 3.8) is 0 Å². The maximum atomic E-state index is 11.0. The molecule has 0 aromatic carbocycles. The smallest absolute Gasteiger partial charge is 0.326 e. The van der Waals surface area contributed by atoms with Crippen LogP contribution in [-0.4, -0.2) is 27.1 Å². The summed E-state index contributed by atoms with van der Waals surface area (Å²) in [6.07, 6.45) is 3.33. The summed E-state index contributed by atoms with van der Waals surface area (Å²) in [6, 6.07) is 1.16. The third-order valence-corrected chi connectivity index (χ3v) is 3.16. The van der Waals surface area contributed by atoms with Crippen LogP contribution in [0.5, 0.6) is 0 Å². The molecule has 0 fully saturated rings. The van der Waals surface area contributed by atoms with E-state index in [1.807, 2.05) is 11.4 Å². The minimum absolute atomic E-state index is 0.339. The Morgan fingerprint density at radius 2 is 2.47 bits per heavy atom. The van der Waals surface area contributed by atoms with Crippen molar-refractivity contribution in [2.24, 2.45) is 0 Å². The van der Waals surface area contributed by atoms with Crippen LogP contribution in [0.2, 0.25) is 0 Å². The number of hydrogen-bond acceptors (Lipinski definition) is 5. The van der Waals surface area contributed by atoms with Crippen molar-refractivity contribution in [1.82, 2.24) is 9.97 Å². The lowest BCUT2D eigenvalue weighted by atomic mass is 10.2. The van der Waals surface area contributed by atoms with Gasteiger partial charge in [-0.1, -0.05) is 6.08 Å². The topological polar surface area (TPSA) is 75.1 Å². The molecule has 0 amide bonds. The predicted molar refractivity (Wildman–Crippen MR) is 67.3 cm³/mol. The number of nitrogens with zero attached hydrogens (tertiary/aromatic N) is 2. The van der Waals surface area contributed by atoms with E-state index in [0.29, 0.717) is 12.2 Å². The van der Waals surface area contributed by atoms with Crippen LogP contribution >= 0.6 is 11.3 Å². The molecule has 2 rings (SSSR count). The molecule has 0 aliphatic heterocycles. The number of anilines is 1. The molecule has 2 aromatic heterocycles. The number of fused-ring (bicyclic) bond motifs is 1. The van der Waals surface area contributed by atoms with Gasteiger partial charge in [-0.15, -0.1) is 17.9 Å². The third-order valence-electron chi connectivity index (χ3n) is 2.25. The summed E-state index contributed by atoms with van der Waals surface area (Å²) in [5.74, 6) is -0.368. The molecule has 1 unspecified atom stereocenters. The molecular formula is C11H11N3O2S. The molecule has 17 heavy (non-hydrogen) atoms. The van der Waals surface area contributed by atoms with Gasteiger partial charge in [-0.3, -0.25) is 0 Å². The number of aliphatic carboxylic acids is 1. The van der Waals surface area contributed by atoms with Crippen LogP contribution in [0.15, 0.2) is 30.4 Å². The molecule has 1 atom stereocenters. The highest BCUT2D eigenvalue weighted by molar-refractivity contribution is 7.17. The van der Waals surface area contributed by atoms with Crippen LogP contribution in [-0.2, 0) is 4.79 Å². The second-order valence-electron chi connectivity index (χ2n) is 3.42. The molecule has 6 heteroatoms. The van der Waals surface area contributed by atoms with Crippen molar-refractivity contribution in [2.75, 3.05) is 5.32 Å². The summed E-state index contributed by atoms with van der Waals surface area (Å²) >= 11 is 1.48. The molecule has 2 N–H and O–H groups in total. The van der Waals surface area contributed by atoms with Gasteiger partial charge in [0.25, 0.3) is 0 Å². The first-order chi connectivity index (χ1) is 8.22. The summed E-state index contributed by atoms with van der Waals surface area (Å²) in [5.41, 5.74) is 0.815. The molecule has 0 saturated carbocycles. The van der Waals surface area contributed by atoms with E-state index in [1.54, 1.807) is 6.08 Å². The highest BCUT2D eigenvalue weighted by Gasteiger charge is 2.17. The van der Waals surface area contributed by atoms with Crippen LogP contribution in [0.4, 0.5) is 5.82 Å². The maximum Gasteiger partial charge on any atom is 0.326 e. The highest BCUT2D eigenvalue weighted by atomic mass is 32.1. The monoisotopic (exact) mass is 249 g/mol. The average molecular weight is 249 g/mol. The summed E-state index contributed by atoms with van der Waals surface area (Å²) in [4.78, 5) is 19.2. The van der Waals surface area contributed by atoms with Crippen LogP contribution in [0.25, 0.3) is 10.2 Å². The Hall–Kier alpha value is -1.95. The fourth-order valence-corrected chi connectivity index (χ4v) is 2.24. The van der Waals surface area contributed by atoms with E-state index >= 15 is 0 Å². The van der Waals surface area contributed by atoms with Crippen molar-refractivity contribution in [1.29, 1.82) is 0 Å². The number of nitrogens with one attached hydrogen (secondary N) is 1. The highest BCUT2D eigenvalue weighted by Crippen LogP contribution is 2.25. The van der Waals surface area contributed by atoms with Crippen LogP contribution in [0, 0.1) is 0 Å².